The number of rotatable bonds is 1. The Bertz CT molecular complexity index is 460. The number of fused-ring (bicyclic) bond motifs is 1. The Morgan fingerprint density at radius 2 is 2.00 bits per heavy atom. The Morgan fingerprint density at radius 1 is 1.13 bits per heavy atom. The lowest BCUT2D eigenvalue weighted by Crippen LogP contribution is -2.30. The molecule has 2 aromatic rings. The van der Waals surface area contributed by atoms with Gasteiger partial charge in [0.05, 0.1) is 5.39 Å². The van der Waals surface area contributed by atoms with Gasteiger partial charge in [-0.2, -0.15) is 0 Å². The topological polar surface area (TPSA) is 29.0 Å². The molecule has 4 heteroatoms. The Kier molecular flexibility index (Phi) is 2.29. The van der Waals surface area contributed by atoms with Gasteiger partial charge in [-0.3, -0.25) is 0 Å². The average Bonchev–Trinajstić information content (AvgIpc) is 2.78. The molecule has 2 aromatic heterocycles. The first kappa shape index (κ1) is 9.09. The van der Waals surface area contributed by atoms with Gasteiger partial charge >= 0.3 is 0 Å². The summed E-state index contributed by atoms with van der Waals surface area (Å²) in [6.45, 7) is 2.28. The van der Waals surface area contributed by atoms with Crippen LogP contribution in [0.5, 0.6) is 0 Å². The van der Waals surface area contributed by atoms with E-state index in [0.717, 1.165) is 23.7 Å². The summed E-state index contributed by atoms with van der Waals surface area (Å²) in [5.74, 6) is 1.13. The van der Waals surface area contributed by atoms with Gasteiger partial charge in [0.25, 0.3) is 0 Å². The van der Waals surface area contributed by atoms with Crippen LogP contribution in [-0.2, 0) is 0 Å². The molecule has 0 saturated carbocycles. The van der Waals surface area contributed by atoms with Crippen LogP contribution in [0.3, 0.4) is 0 Å². The molecule has 0 N–H and O–H groups in total. The van der Waals surface area contributed by atoms with E-state index in [1.54, 1.807) is 17.7 Å². The largest absolute Gasteiger partial charge is 0.356 e. The zero-order valence-electron chi connectivity index (χ0n) is 8.52. The summed E-state index contributed by atoms with van der Waals surface area (Å²) in [5.41, 5.74) is 0. The molecule has 0 spiro atoms. The SMILES string of the molecule is c1nc(N2CCCCC2)c2ccsc2n1. The summed E-state index contributed by atoms with van der Waals surface area (Å²) in [6, 6.07) is 2.13. The third kappa shape index (κ3) is 1.59. The number of nitrogens with zero attached hydrogens (tertiary/aromatic N) is 3. The van der Waals surface area contributed by atoms with Gasteiger partial charge in [-0.15, -0.1) is 11.3 Å². The third-order valence-electron chi connectivity index (χ3n) is 2.90. The first-order valence-electron chi connectivity index (χ1n) is 5.38. The van der Waals surface area contributed by atoms with Gasteiger partial charge in [0, 0.05) is 13.1 Å². The maximum Gasteiger partial charge on any atom is 0.140 e. The van der Waals surface area contributed by atoms with Crippen LogP contribution in [0.15, 0.2) is 17.8 Å². The van der Waals surface area contributed by atoms with E-state index in [4.69, 9.17) is 0 Å². The highest BCUT2D eigenvalue weighted by Crippen LogP contribution is 2.28. The Labute approximate surface area is 92.8 Å². The second-order valence-corrected chi connectivity index (χ2v) is 4.78. The van der Waals surface area contributed by atoms with Crippen molar-refractivity contribution in [3.8, 4) is 0 Å². The molecule has 78 valence electrons. The molecule has 0 atom stereocenters. The van der Waals surface area contributed by atoms with Crippen molar-refractivity contribution in [2.75, 3.05) is 18.0 Å². The second-order valence-electron chi connectivity index (χ2n) is 3.88. The summed E-state index contributed by atoms with van der Waals surface area (Å²) in [5, 5.41) is 3.30. The highest BCUT2D eigenvalue weighted by molar-refractivity contribution is 7.16. The quantitative estimate of drug-likeness (QED) is 0.738. The van der Waals surface area contributed by atoms with Crippen LogP contribution >= 0.6 is 11.3 Å². The predicted octanol–water partition coefficient (Wildman–Crippen LogP) is 2.68. The molecule has 1 fully saturated rings. The van der Waals surface area contributed by atoms with Crippen LogP contribution in [0.1, 0.15) is 19.3 Å². The first-order chi connectivity index (χ1) is 7.45. The van der Waals surface area contributed by atoms with Gasteiger partial charge in [-0.1, -0.05) is 0 Å². The van der Waals surface area contributed by atoms with E-state index < -0.39 is 0 Å². The molecule has 0 aromatic carbocycles. The van der Waals surface area contributed by atoms with Crippen molar-refractivity contribution in [1.82, 2.24) is 9.97 Å². The molecule has 15 heavy (non-hydrogen) atoms. The van der Waals surface area contributed by atoms with E-state index in [0.29, 0.717) is 0 Å². The van der Waals surface area contributed by atoms with Crippen LogP contribution in [0.25, 0.3) is 10.2 Å². The van der Waals surface area contributed by atoms with Crippen molar-refractivity contribution >= 4 is 27.4 Å². The number of piperidine rings is 1. The van der Waals surface area contributed by atoms with Crippen molar-refractivity contribution in [3.05, 3.63) is 17.8 Å². The van der Waals surface area contributed by atoms with E-state index in [9.17, 15) is 0 Å². The van der Waals surface area contributed by atoms with Gasteiger partial charge < -0.3 is 4.90 Å². The maximum absolute atomic E-state index is 4.42. The van der Waals surface area contributed by atoms with E-state index in [2.05, 4.69) is 26.3 Å². The monoisotopic (exact) mass is 219 g/mol. The first-order valence-corrected chi connectivity index (χ1v) is 6.26. The Hall–Kier alpha value is -1.16. The van der Waals surface area contributed by atoms with Crippen LogP contribution in [0.4, 0.5) is 5.82 Å². The van der Waals surface area contributed by atoms with Gasteiger partial charge in [0.15, 0.2) is 0 Å². The molecule has 0 aliphatic carbocycles. The Morgan fingerprint density at radius 3 is 2.87 bits per heavy atom. The molecule has 1 aliphatic rings. The fraction of sp³-hybridized carbons (Fsp3) is 0.455. The molecule has 0 radical (unpaired) electrons. The summed E-state index contributed by atoms with van der Waals surface area (Å²) in [4.78, 5) is 12.2. The van der Waals surface area contributed by atoms with Crippen LogP contribution in [-0.4, -0.2) is 23.1 Å². The number of hydrogen-bond acceptors (Lipinski definition) is 4. The minimum atomic E-state index is 1.10. The van der Waals surface area contributed by atoms with Crippen molar-refractivity contribution in [2.24, 2.45) is 0 Å². The van der Waals surface area contributed by atoms with Gasteiger partial charge in [-0.05, 0) is 30.7 Å². The van der Waals surface area contributed by atoms with Crippen molar-refractivity contribution in [3.63, 3.8) is 0 Å². The zero-order chi connectivity index (χ0) is 10.1. The van der Waals surface area contributed by atoms with Crippen molar-refractivity contribution < 1.29 is 0 Å². The average molecular weight is 219 g/mol. The minimum Gasteiger partial charge on any atom is -0.356 e. The van der Waals surface area contributed by atoms with Crippen LogP contribution in [0.2, 0.25) is 0 Å². The predicted molar refractivity (Wildman–Crippen MR) is 63.5 cm³/mol. The van der Waals surface area contributed by atoms with E-state index >= 15 is 0 Å². The number of aromatic nitrogens is 2. The molecule has 0 amide bonds. The van der Waals surface area contributed by atoms with E-state index in [1.807, 2.05) is 0 Å². The lowest BCUT2D eigenvalue weighted by molar-refractivity contribution is 0.574. The summed E-state index contributed by atoms with van der Waals surface area (Å²) >= 11 is 1.69. The fourth-order valence-electron chi connectivity index (χ4n) is 2.13. The summed E-state index contributed by atoms with van der Waals surface area (Å²) in [7, 11) is 0. The highest BCUT2D eigenvalue weighted by Gasteiger charge is 2.15. The molecule has 0 unspecified atom stereocenters. The fourth-order valence-corrected chi connectivity index (χ4v) is 2.86. The zero-order valence-corrected chi connectivity index (χ0v) is 9.33. The lowest BCUT2D eigenvalue weighted by Gasteiger charge is -2.27. The maximum atomic E-state index is 4.42. The Balaban J connectivity index is 2.05. The molecular formula is C11H13N3S. The van der Waals surface area contributed by atoms with E-state index in [-0.39, 0.29) is 0 Å². The lowest BCUT2D eigenvalue weighted by atomic mass is 10.1. The van der Waals surface area contributed by atoms with E-state index in [1.165, 1.54) is 24.6 Å². The molecule has 1 saturated heterocycles. The summed E-state index contributed by atoms with van der Waals surface area (Å²) < 4.78 is 0. The number of hydrogen-bond donors (Lipinski definition) is 0. The molecule has 1 aliphatic heterocycles. The van der Waals surface area contributed by atoms with Crippen LogP contribution < -0.4 is 4.90 Å². The van der Waals surface area contributed by atoms with Crippen LogP contribution in [0, 0.1) is 0 Å². The number of anilines is 1. The highest BCUT2D eigenvalue weighted by atomic mass is 32.1. The standard InChI is InChI=1S/C11H13N3S/c1-2-5-14(6-3-1)10-9-4-7-15-11(9)13-8-12-10/h4,7-8H,1-3,5-6H2. The van der Waals surface area contributed by atoms with Crippen molar-refractivity contribution in [1.29, 1.82) is 0 Å². The molecule has 0 bridgehead atoms. The molecule has 3 heterocycles. The normalized spacial score (nSPS) is 17.2. The third-order valence-corrected chi connectivity index (χ3v) is 3.72. The van der Waals surface area contributed by atoms with Gasteiger partial charge in [-0.25, -0.2) is 9.97 Å². The van der Waals surface area contributed by atoms with Crippen molar-refractivity contribution in [2.45, 2.75) is 19.3 Å². The molecule has 3 rings (SSSR count). The van der Waals surface area contributed by atoms with Gasteiger partial charge in [0.2, 0.25) is 0 Å². The molecular weight excluding hydrogens is 206 g/mol. The number of thiophene rings is 1. The summed E-state index contributed by atoms with van der Waals surface area (Å²) in [6.07, 6.45) is 5.61. The molecule has 3 nitrogen and oxygen atoms in total. The van der Waals surface area contributed by atoms with Gasteiger partial charge in [0.1, 0.15) is 17.0 Å². The second kappa shape index (κ2) is 3.77. The smallest absolute Gasteiger partial charge is 0.140 e. The minimum absolute atomic E-state index is 1.10.